The smallest absolute Gasteiger partial charge is 0.140 e. The second kappa shape index (κ2) is 8.94. The Kier molecular flexibility index (Phi) is 6.64. The minimum absolute atomic E-state index is 0.291. The molecule has 2 aliphatic rings. The van der Waals surface area contributed by atoms with Crippen molar-refractivity contribution in [2.75, 3.05) is 59.5 Å². The Labute approximate surface area is 150 Å². The monoisotopic (exact) mass is 351 g/mol. The molecule has 140 valence electrons. The lowest BCUT2D eigenvalue weighted by Crippen LogP contribution is -2.44. The van der Waals surface area contributed by atoms with Gasteiger partial charge in [0.05, 0.1) is 12.7 Å². The van der Waals surface area contributed by atoms with E-state index in [1.807, 2.05) is 29.2 Å². The summed E-state index contributed by atoms with van der Waals surface area (Å²) in [5, 5.41) is 9.57. The van der Waals surface area contributed by atoms with Gasteiger partial charge in [-0.25, -0.2) is 4.39 Å². The van der Waals surface area contributed by atoms with Crippen LogP contribution >= 0.6 is 0 Å². The highest BCUT2D eigenvalue weighted by molar-refractivity contribution is 5.33. The van der Waals surface area contributed by atoms with Gasteiger partial charge in [-0.1, -0.05) is 18.2 Å². The first kappa shape index (κ1) is 18.6. The summed E-state index contributed by atoms with van der Waals surface area (Å²) in [6, 6.07) is 7.94. The summed E-state index contributed by atoms with van der Waals surface area (Å²) in [5.74, 6) is 0.873. The lowest BCUT2D eigenvalue weighted by Gasteiger charge is -2.32. The van der Waals surface area contributed by atoms with Crippen LogP contribution in [0.15, 0.2) is 24.3 Å². The van der Waals surface area contributed by atoms with E-state index in [2.05, 4.69) is 16.8 Å². The highest BCUT2D eigenvalue weighted by atomic mass is 19.1. The van der Waals surface area contributed by atoms with Gasteiger partial charge >= 0.3 is 0 Å². The summed E-state index contributed by atoms with van der Waals surface area (Å²) < 4.78 is 19.5. The van der Waals surface area contributed by atoms with Gasteiger partial charge in [0.2, 0.25) is 0 Å². The second-order valence-electron chi connectivity index (χ2n) is 7.23. The average Bonchev–Trinajstić information content (AvgIpc) is 2.92. The summed E-state index contributed by atoms with van der Waals surface area (Å²) in [6.45, 7) is 7.60. The quantitative estimate of drug-likeness (QED) is 0.748. The molecule has 1 N–H and O–H groups in total. The highest BCUT2D eigenvalue weighted by Gasteiger charge is 2.31. The molecule has 6 heteroatoms. The van der Waals surface area contributed by atoms with Gasteiger partial charge < -0.3 is 19.6 Å². The maximum Gasteiger partial charge on any atom is 0.140 e. The van der Waals surface area contributed by atoms with Crippen LogP contribution in [0.3, 0.4) is 0 Å². The predicted molar refractivity (Wildman–Crippen MR) is 96.7 cm³/mol. The molecule has 1 aromatic rings. The molecule has 0 aromatic heterocycles. The number of para-hydroxylation sites is 1. The van der Waals surface area contributed by atoms with E-state index in [0.717, 1.165) is 50.5 Å². The molecule has 0 saturated carbocycles. The summed E-state index contributed by atoms with van der Waals surface area (Å²) in [5.41, 5.74) is 1.06. The molecule has 0 amide bonds. The number of benzene rings is 1. The van der Waals surface area contributed by atoms with Crippen molar-refractivity contribution in [3.63, 3.8) is 0 Å². The van der Waals surface area contributed by atoms with E-state index in [1.165, 1.54) is 0 Å². The molecule has 5 nitrogen and oxygen atoms in total. The number of nitrogens with zero attached hydrogens (tertiary/aromatic N) is 3. The van der Waals surface area contributed by atoms with Crippen molar-refractivity contribution in [1.29, 1.82) is 0 Å². The van der Waals surface area contributed by atoms with Crippen molar-refractivity contribution < 1.29 is 14.2 Å². The normalized spacial score (nSPS) is 26.2. The topological polar surface area (TPSA) is 39.2 Å². The molecule has 0 spiro atoms. The first-order valence-corrected chi connectivity index (χ1v) is 9.28. The van der Waals surface area contributed by atoms with E-state index in [0.29, 0.717) is 26.2 Å². The zero-order valence-electron chi connectivity index (χ0n) is 15.1. The zero-order chi connectivity index (χ0) is 17.6. The van der Waals surface area contributed by atoms with Crippen molar-refractivity contribution in [2.45, 2.75) is 25.2 Å². The number of hydrogen-bond acceptors (Lipinski definition) is 5. The van der Waals surface area contributed by atoms with E-state index >= 15 is 0 Å². The summed E-state index contributed by atoms with van der Waals surface area (Å²) in [4.78, 5) is 6.80. The first-order valence-electron chi connectivity index (χ1n) is 9.28. The maximum atomic E-state index is 13.5. The van der Waals surface area contributed by atoms with Gasteiger partial charge in [0, 0.05) is 57.9 Å². The molecule has 0 aliphatic carbocycles. The SMILES string of the molecule is CN1CCN(CCCOc2ccccc2CN2C[C@@H](O)[C@H](F)C2)CC1. The number of likely N-dealkylation sites (N-methyl/N-ethyl adjacent to an activating group) is 1. The molecular weight excluding hydrogens is 321 g/mol. The largest absolute Gasteiger partial charge is 0.493 e. The Morgan fingerprint density at radius 1 is 1.12 bits per heavy atom. The number of aliphatic hydroxyl groups excluding tert-OH is 1. The molecule has 0 bridgehead atoms. The second-order valence-corrected chi connectivity index (χ2v) is 7.23. The third-order valence-electron chi connectivity index (χ3n) is 5.13. The fraction of sp³-hybridized carbons (Fsp3) is 0.684. The van der Waals surface area contributed by atoms with Gasteiger partial charge in [-0.05, 0) is 19.5 Å². The zero-order valence-corrected chi connectivity index (χ0v) is 15.1. The fourth-order valence-corrected chi connectivity index (χ4v) is 3.51. The number of likely N-dealkylation sites (tertiary alicyclic amines) is 1. The maximum absolute atomic E-state index is 13.5. The number of alkyl halides is 1. The van der Waals surface area contributed by atoms with Crippen molar-refractivity contribution in [3.8, 4) is 5.75 Å². The molecule has 0 radical (unpaired) electrons. The molecule has 3 rings (SSSR count). The molecule has 0 unspecified atom stereocenters. The number of β-amino-alcohol motifs (C(OH)–C–C–N with tert-alkyl or cyclic N) is 1. The highest BCUT2D eigenvalue weighted by Crippen LogP contribution is 2.23. The van der Waals surface area contributed by atoms with Gasteiger partial charge in [-0.3, -0.25) is 4.90 Å². The van der Waals surface area contributed by atoms with Crippen LogP contribution in [0.1, 0.15) is 12.0 Å². The Bertz CT molecular complexity index is 527. The van der Waals surface area contributed by atoms with Crippen molar-refractivity contribution in [3.05, 3.63) is 29.8 Å². The molecule has 2 aliphatic heterocycles. The Hall–Kier alpha value is -1.21. The van der Waals surface area contributed by atoms with Crippen LogP contribution in [0.2, 0.25) is 0 Å². The molecule has 25 heavy (non-hydrogen) atoms. The first-order chi connectivity index (χ1) is 12.1. The third kappa shape index (κ3) is 5.38. The minimum atomic E-state index is -1.14. The number of ether oxygens (including phenoxy) is 1. The van der Waals surface area contributed by atoms with Crippen molar-refractivity contribution in [1.82, 2.24) is 14.7 Å². The van der Waals surface area contributed by atoms with Gasteiger partial charge in [0.15, 0.2) is 0 Å². The van der Waals surface area contributed by atoms with Crippen LogP contribution in [-0.2, 0) is 6.54 Å². The minimum Gasteiger partial charge on any atom is -0.493 e. The Morgan fingerprint density at radius 2 is 1.88 bits per heavy atom. The summed E-state index contributed by atoms with van der Waals surface area (Å²) in [6.07, 6.45) is -0.999. The van der Waals surface area contributed by atoms with Crippen LogP contribution in [0.4, 0.5) is 4.39 Å². The van der Waals surface area contributed by atoms with Crippen molar-refractivity contribution >= 4 is 0 Å². The summed E-state index contributed by atoms with van der Waals surface area (Å²) in [7, 11) is 2.17. The van der Waals surface area contributed by atoms with Gasteiger partial charge in [-0.2, -0.15) is 0 Å². The van der Waals surface area contributed by atoms with Gasteiger partial charge in [0.1, 0.15) is 11.9 Å². The predicted octanol–water partition coefficient (Wildman–Crippen LogP) is 1.22. The molecule has 2 saturated heterocycles. The number of aliphatic hydroxyl groups is 1. The van der Waals surface area contributed by atoms with Crippen LogP contribution in [0.5, 0.6) is 5.75 Å². The molecule has 2 heterocycles. The van der Waals surface area contributed by atoms with Crippen LogP contribution in [0.25, 0.3) is 0 Å². The summed E-state index contributed by atoms with van der Waals surface area (Å²) >= 11 is 0. The fourth-order valence-electron chi connectivity index (χ4n) is 3.51. The van der Waals surface area contributed by atoms with E-state index in [1.54, 1.807) is 0 Å². The molecule has 2 fully saturated rings. The number of halogens is 1. The lowest BCUT2D eigenvalue weighted by atomic mass is 10.2. The average molecular weight is 351 g/mol. The van der Waals surface area contributed by atoms with E-state index in [9.17, 15) is 9.50 Å². The molecule has 1 aromatic carbocycles. The van der Waals surface area contributed by atoms with Crippen LogP contribution in [0, 0.1) is 0 Å². The Balaban J connectivity index is 1.43. The van der Waals surface area contributed by atoms with E-state index in [4.69, 9.17) is 4.74 Å². The number of rotatable bonds is 7. The number of piperazine rings is 1. The standard InChI is InChI=1S/C19H30FN3O2/c1-21-8-10-22(11-9-21)7-4-12-25-19-6-3-2-5-16(19)13-23-14-17(20)18(24)15-23/h2-3,5-6,17-18,24H,4,7-15H2,1H3/t17-,18-/m1/s1. The lowest BCUT2D eigenvalue weighted by molar-refractivity contribution is 0.115. The van der Waals surface area contributed by atoms with Gasteiger partial charge in [-0.15, -0.1) is 0 Å². The van der Waals surface area contributed by atoms with E-state index in [-0.39, 0.29) is 0 Å². The van der Waals surface area contributed by atoms with Crippen molar-refractivity contribution in [2.24, 2.45) is 0 Å². The molecule has 2 atom stereocenters. The van der Waals surface area contributed by atoms with Crippen LogP contribution < -0.4 is 4.74 Å². The van der Waals surface area contributed by atoms with E-state index < -0.39 is 12.3 Å². The molecular formula is C19H30FN3O2. The number of hydrogen-bond donors (Lipinski definition) is 1. The van der Waals surface area contributed by atoms with Gasteiger partial charge in [0.25, 0.3) is 0 Å². The third-order valence-corrected chi connectivity index (χ3v) is 5.13. The van der Waals surface area contributed by atoms with Crippen LogP contribution in [-0.4, -0.2) is 91.5 Å². The Morgan fingerprint density at radius 3 is 2.60 bits per heavy atom.